The molecule has 0 spiro atoms. The van der Waals surface area contributed by atoms with Gasteiger partial charge in [0.25, 0.3) is 0 Å². The monoisotopic (exact) mass is 344 g/mol. The Hall–Kier alpha value is -2.09. The SMILES string of the molecule is CCCCn1c(O)c(C=Nc2cccc(C(F)(F)F)c2)sc1=O. The van der Waals surface area contributed by atoms with E-state index in [-0.39, 0.29) is 21.3 Å². The van der Waals surface area contributed by atoms with Gasteiger partial charge in [-0.3, -0.25) is 14.4 Å². The lowest BCUT2D eigenvalue weighted by atomic mass is 10.2. The fourth-order valence-electron chi connectivity index (χ4n) is 1.91. The van der Waals surface area contributed by atoms with Crippen LogP contribution in [0.25, 0.3) is 0 Å². The van der Waals surface area contributed by atoms with Gasteiger partial charge in [-0.25, -0.2) is 0 Å². The van der Waals surface area contributed by atoms with Gasteiger partial charge in [0, 0.05) is 6.54 Å². The molecule has 124 valence electrons. The predicted molar refractivity (Wildman–Crippen MR) is 83.8 cm³/mol. The minimum absolute atomic E-state index is 0.0974. The van der Waals surface area contributed by atoms with Crippen molar-refractivity contribution in [2.75, 3.05) is 0 Å². The average Bonchev–Trinajstić information content (AvgIpc) is 2.77. The molecule has 0 radical (unpaired) electrons. The van der Waals surface area contributed by atoms with Gasteiger partial charge in [-0.1, -0.05) is 30.7 Å². The van der Waals surface area contributed by atoms with Crippen molar-refractivity contribution >= 4 is 23.2 Å². The number of rotatable bonds is 5. The van der Waals surface area contributed by atoms with Crippen LogP contribution in [0.5, 0.6) is 5.88 Å². The highest BCUT2D eigenvalue weighted by Gasteiger charge is 2.30. The number of aromatic hydroxyl groups is 1. The molecule has 0 aliphatic rings. The van der Waals surface area contributed by atoms with Gasteiger partial charge < -0.3 is 5.11 Å². The lowest BCUT2D eigenvalue weighted by Gasteiger charge is -2.06. The van der Waals surface area contributed by atoms with Gasteiger partial charge in [0.05, 0.1) is 17.5 Å². The molecule has 2 rings (SSSR count). The first-order valence-corrected chi connectivity index (χ1v) is 7.78. The molecule has 4 nitrogen and oxygen atoms in total. The molecule has 0 bridgehead atoms. The van der Waals surface area contributed by atoms with Gasteiger partial charge in [0.1, 0.15) is 4.88 Å². The Kier molecular flexibility index (Phi) is 5.25. The molecular weight excluding hydrogens is 329 g/mol. The van der Waals surface area contributed by atoms with Gasteiger partial charge in [-0.15, -0.1) is 0 Å². The van der Waals surface area contributed by atoms with E-state index in [2.05, 4.69) is 4.99 Å². The first kappa shape index (κ1) is 17.3. The molecule has 0 aliphatic carbocycles. The Morgan fingerprint density at radius 2 is 2.13 bits per heavy atom. The second-order valence-corrected chi connectivity index (χ2v) is 5.86. The summed E-state index contributed by atoms with van der Waals surface area (Å²) in [5, 5.41) is 10.0. The molecule has 0 unspecified atom stereocenters. The number of aliphatic imine (C=N–C) groups is 1. The molecule has 0 fully saturated rings. The maximum Gasteiger partial charge on any atom is 0.416 e. The number of thiazole rings is 1. The highest BCUT2D eigenvalue weighted by atomic mass is 32.1. The lowest BCUT2D eigenvalue weighted by molar-refractivity contribution is -0.137. The quantitative estimate of drug-likeness (QED) is 0.827. The zero-order chi connectivity index (χ0) is 17.0. The molecule has 1 N–H and O–H groups in total. The molecule has 1 heterocycles. The molecule has 1 aromatic heterocycles. The van der Waals surface area contributed by atoms with E-state index in [4.69, 9.17) is 0 Å². The Labute approximate surface area is 134 Å². The van der Waals surface area contributed by atoms with Crippen molar-refractivity contribution < 1.29 is 18.3 Å². The van der Waals surface area contributed by atoms with Crippen molar-refractivity contribution in [2.24, 2.45) is 4.99 Å². The summed E-state index contributed by atoms with van der Waals surface area (Å²) < 4.78 is 39.1. The van der Waals surface area contributed by atoms with Gasteiger partial charge >= 0.3 is 11.0 Å². The number of aromatic nitrogens is 1. The molecule has 0 saturated carbocycles. The van der Waals surface area contributed by atoms with Crippen LogP contribution in [0, 0.1) is 0 Å². The van der Waals surface area contributed by atoms with E-state index in [0.717, 1.165) is 36.3 Å². The van der Waals surface area contributed by atoms with Crippen LogP contribution in [0.15, 0.2) is 34.1 Å². The molecule has 2 aromatic rings. The average molecular weight is 344 g/mol. The highest BCUT2D eigenvalue weighted by Crippen LogP contribution is 2.31. The van der Waals surface area contributed by atoms with Gasteiger partial charge in [-0.05, 0) is 24.6 Å². The highest BCUT2D eigenvalue weighted by molar-refractivity contribution is 7.11. The predicted octanol–water partition coefficient (Wildman–Crippen LogP) is 4.18. The van der Waals surface area contributed by atoms with Gasteiger partial charge in [0.2, 0.25) is 5.88 Å². The largest absolute Gasteiger partial charge is 0.493 e. The summed E-state index contributed by atoms with van der Waals surface area (Å²) in [6.07, 6.45) is -1.62. The first-order valence-electron chi connectivity index (χ1n) is 6.97. The van der Waals surface area contributed by atoms with Crippen LogP contribution >= 0.6 is 11.3 Å². The standard InChI is InChI=1S/C15H15F3N2O2S/c1-2-3-7-20-13(21)12(23-14(20)22)9-19-11-6-4-5-10(8-11)15(16,17)18/h4-6,8-9,21H,2-3,7H2,1H3. The zero-order valence-corrected chi connectivity index (χ0v) is 13.1. The summed E-state index contributed by atoms with van der Waals surface area (Å²) >= 11 is 0.806. The minimum Gasteiger partial charge on any atom is -0.493 e. The van der Waals surface area contributed by atoms with Gasteiger partial charge in [0.15, 0.2) is 0 Å². The van der Waals surface area contributed by atoms with E-state index in [1.54, 1.807) is 0 Å². The van der Waals surface area contributed by atoms with E-state index in [1.165, 1.54) is 22.9 Å². The minimum atomic E-state index is -4.44. The number of unbranched alkanes of at least 4 members (excludes halogenated alkanes) is 1. The van der Waals surface area contributed by atoms with E-state index in [0.29, 0.717) is 6.54 Å². The van der Waals surface area contributed by atoms with Crippen molar-refractivity contribution in [3.63, 3.8) is 0 Å². The summed E-state index contributed by atoms with van der Waals surface area (Å²) in [5.74, 6) is -0.204. The molecule has 23 heavy (non-hydrogen) atoms. The number of halogens is 3. The van der Waals surface area contributed by atoms with Crippen LogP contribution in [-0.4, -0.2) is 15.9 Å². The number of alkyl halides is 3. The summed E-state index contributed by atoms with van der Waals surface area (Å²) in [5.41, 5.74) is -0.703. The molecule has 0 saturated heterocycles. The maximum atomic E-state index is 12.6. The molecule has 0 atom stereocenters. The third kappa shape index (κ3) is 4.22. The summed E-state index contributed by atoms with van der Waals surface area (Å²) in [6.45, 7) is 2.36. The summed E-state index contributed by atoms with van der Waals surface area (Å²) in [7, 11) is 0. The normalized spacial score (nSPS) is 12.2. The topological polar surface area (TPSA) is 54.6 Å². The Balaban J connectivity index is 2.26. The number of hydrogen-bond donors (Lipinski definition) is 1. The van der Waals surface area contributed by atoms with Crippen LogP contribution in [0.4, 0.5) is 18.9 Å². The number of hydrogen-bond acceptors (Lipinski definition) is 4. The molecule has 0 amide bonds. The van der Waals surface area contributed by atoms with E-state index in [9.17, 15) is 23.1 Å². The van der Waals surface area contributed by atoms with E-state index >= 15 is 0 Å². The van der Waals surface area contributed by atoms with Gasteiger partial charge in [-0.2, -0.15) is 13.2 Å². The van der Waals surface area contributed by atoms with Crippen LogP contribution in [0.2, 0.25) is 0 Å². The van der Waals surface area contributed by atoms with Crippen molar-refractivity contribution in [3.05, 3.63) is 44.4 Å². The Morgan fingerprint density at radius 3 is 2.78 bits per heavy atom. The molecule has 0 aliphatic heterocycles. The smallest absolute Gasteiger partial charge is 0.416 e. The van der Waals surface area contributed by atoms with Crippen molar-refractivity contribution in [1.29, 1.82) is 0 Å². The summed E-state index contributed by atoms with van der Waals surface area (Å²) in [6, 6.07) is 4.53. The number of benzene rings is 1. The fourth-order valence-corrected chi connectivity index (χ4v) is 2.69. The van der Waals surface area contributed by atoms with E-state index < -0.39 is 11.7 Å². The maximum absolute atomic E-state index is 12.6. The Bertz CT molecular complexity index is 763. The number of nitrogens with zero attached hydrogens (tertiary/aromatic N) is 2. The lowest BCUT2D eigenvalue weighted by Crippen LogP contribution is -2.12. The molecule has 1 aromatic carbocycles. The van der Waals surface area contributed by atoms with Crippen molar-refractivity contribution in [2.45, 2.75) is 32.5 Å². The third-order valence-electron chi connectivity index (χ3n) is 3.13. The van der Waals surface area contributed by atoms with Crippen molar-refractivity contribution in [3.8, 4) is 5.88 Å². The second kappa shape index (κ2) is 6.99. The fraction of sp³-hybridized carbons (Fsp3) is 0.333. The molecular formula is C15H15F3N2O2S. The van der Waals surface area contributed by atoms with Crippen LogP contribution in [-0.2, 0) is 12.7 Å². The zero-order valence-electron chi connectivity index (χ0n) is 12.3. The van der Waals surface area contributed by atoms with Crippen molar-refractivity contribution in [1.82, 2.24) is 4.57 Å². The second-order valence-electron chi connectivity index (χ2n) is 4.87. The summed E-state index contributed by atoms with van der Waals surface area (Å²) in [4.78, 5) is 15.6. The van der Waals surface area contributed by atoms with Crippen LogP contribution in [0.1, 0.15) is 30.2 Å². The Morgan fingerprint density at radius 1 is 1.39 bits per heavy atom. The van der Waals surface area contributed by atoms with Crippen LogP contribution < -0.4 is 4.87 Å². The van der Waals surface area contributed by atoms with Crippen LogP contribution in [0.3, 0.4) is 0 Å². The molecule has 8 heteroatoms. The third-order valence-corrected chi connectivity index (χ3v) is 4.04. The first-order chi connectivity index (χ1) is 10.8. The van der Waals surface area contributed by atoms with E-state index in [1.807, 2.05) is 6.92 Å².